The van der Waals surface area contributed by atoms with Crippen molar-refractivity contribution in [2.24, 2.45) is 0 Å². The second-order valence-electron chi connectivity index (χ2n) is 7.04. The molecule has 8 heteroatoms. The van der Waals surface area contributed by atoms with Crippen molar-refractivity contribution in [3.8, 4) is 0 Å². The molecule has 1 amide bonds. The summed E-state index contributed by atoms with van der Waals surface area (Å²) in [5.74, 6) is -1.04. The molecule has 156 valence electrons. The molecule has 0 aliphatic heterocycles. The van der Waals surface area contributed by atoms with Crippen LogP contribution in [0.15, 0.2) is 47.4 Å². The Balaban J connectivity index is 1.97. The Morgan fingerprint density at radius 2 is 1.69 bits per heavy atom. The predicted molar refractivity (Wildman–Crippen MR) is 110 cm³/mol. The van der Waals surface area contributed by atoms with Gasteiger partial charge in [-0.15, -0.1) is 0 Å². The van der Waals surface area contributed by atoms with Gasteiger partial charge in [-0.25, -0.2) is 17.5 Å². The summed E-state index contributed by atoms with van der Waals surface area (Å²) in [5.41, 5.74) is 3.25. The molecule has 29 heavy (non-hydrogen) atoms. The van der Waals surface area contributed by atoms with E-state index in [2.05, 4.69) is 5.32 Å². The molecule has 0 bridgehead atoms. The van der Waals surface area contributed by atoms with Gasteiger partial charge in [0.2, 0.25) is 10.0 Å². The van der Waals surface area contributed by atoms with E-state index in [1.54, 1.807) is 0 Å². The largest absolute Gasteiger partial charge is 0.459 e. The smallest absolute Gasteiger partial charge is 0.328 e. The maximum atomic E-state index is 12.3. The molecule has 0 saturated heterocycles. The summed E-state index contributed by atoms with van der Waals surface area (Å²) >= 11 is 0. The average molecular weight is 419 g/mol. The number of nitrogens with one attached hydrogen (secondary N) is 1. The predicted octanol–water partition coefficient (Wildman–Crippen LogP) is 2.42. The maximum absolute atomic E-state index is 12.3. The second kappa shape index (κ2) is 9.19. The highest BCUT2D eigenvalue weighted by molar-refractivity contribution is 7.89. The lowest BCUT2D eigenvalue weighted by Crippen LogP contribution is -2.39. The third-order valence-corrected chi connectivity index (χ3v) is 6.30. The number of hydrogen-bond donors (Lipinski definition) is 1. The van der Waals surface area contributed by atoms with Gasteiger partial charge in [-0.2, -0.15) is 0 Å². The Morgan fingerprint density at radius 1 is 1.07 bits per heavy atom. The van der Waals surface area contributed by atoms with Crippen LogP contribution in [0.1, 0.15) is 34.0 Å². The first-order valence-electron chi connectivity index (χ1n) is 9.08. The molecule has 7 nitrogen and oxygen atoms in total. The molecule has 0 heterocycles. The fourth-order valence-corrected chi connectivity index (χ4v) is 3.46. The molecule has 1 atom stereocenters. The van der Waals surface area contributed by atoms with E-state index in [1.165, 1.54) is 45.3 Å². The first-order chi connectivity index (χ1) is 13.5. The molecule has 2 rings (SSSR count). The number of carbonyl (C=O) groups excluding carboxylic acids is 2. The van der Waals surface area contributed by atoms with Crippen molar-refractivity contribution in [1.29, 1.82) is 0 Å². The Labute approximate surface area is 171 Å². The number of carbonyl (C=O) groups is 2. The molecular weight excluding hydrogens is 392 g/mol. The summed E-state index contributed by atoms with van der Waals surface area (Å²) in [4.78, 5) is 24.7. The van der Waals surface area contributed by atoms with Crippen molar-refractivity contribution < 1.29 is 22.7 Å². The van der Waals surface area contributed by atoms with Crippen LogP contribution in [0.25, 0.3) is 0 Å². The third-order valence-electron chi connectivity index (χ3n) is 4.47. The Morgan fingerprint density at radius 3 is 2.28 bits per heavy atom. The highest BCUT2D eigenvalue weighted by Gasteiger charge is 2.20. The van der Waals surface area contributed by atoms with Gasteiger partial charge >= 0.3 is 5.97 Å². The summed E-state index contributed by atoms with van der Waals surface area (Å²) in [5, 5.41) is 2.57. The van der Waals surface area contributed by atoms with Crippen molar-refractivity contribution in [1.82, 2.24) is 9.62 Å². The SMILES string of the molecule is Cc1ccc(C)c(COC(=O)C(C)NC(=O)c2ccc(S(=O)(=O)N(C)C)cc2)c1. The van der Waals surface area contributed by atoms with E-state index in [0.29, 0.717) is 0 Å². The van der Waals surface area contributed by atoms with Crippen molar-refractivity contribution in [2.45, 2.75) is 38.3 Å². The molecule has 2 aromatic rings. The van der Waals surface area contributed by atoms with Gasteiger partial charge in [0.1, 0.15) is 12.6 Å². The number of benzene rings is 2. The minimum Gasteiger partial charge on any atom is -0.459 e. The van der Waals surface area contributed by atoms with Gasteiger partial charge in [-0.3, -0.25) is 4.79 Å². The topological polar surface area (TPSA) is 92.8 Å². The summed E-state index contributed by atoms with van der Waals surface area (Å²) in [7, 11) is -0.705. The van der Waals surface area contributed by atoms with Crippen molar-refractivity contribution in [2.75, 3.05) is 14.1 Å². The first-order valence-corrected chi connectivity index (χ1v) is 10.5. The standard InChI is InChI=1S/C21H26N2O5S/c1-14-6-7-15(2)18(12-14)13-28-21(25)16(3)22-20(24)17-8-10-19(11-9-17)29(26,27)23(4)5/h6-12,16H,13H2,1-5H3,(H,22,24). The minimum absolute atomic E-state index is 0.0834. The number of ether oxygens (including phenoxy) is 1. The van der Waals surface area contributed by atoms with E-state index in [4.69, 9.17) is 4.74 Å². The summed E-state index contributed by atoms with van der Waals surface area (Å²) in [6.07, 6.45) is 0. The van der Waals surface area contributed by atoms with Crippen molar-refractivity contribution in [3.05, 3.63) is 64.7 Å². The van der Waals surface area contributed by atoms with E-state index in [9.17, 15) is 18.0 Å². The highest BCUT2D eigenvalue weighted by atomic mass is 32.2. The lowest BCUT2D eigenvalue weighted by Gasteiger charge is -2.15. The van der Waals surface area contributed by atoms with E-state index in [1.807, 2.05) is 32.0 Å². The van der Waals surface area contributed by atoms with Gasteiger partial charge in [0.25, 0.3) is 5.91 Å². The molecule has 2 aromatic carbocycles. The number of hydrogen-bond acceptors (Lipinski definition) is 5. The van der Waals surface area contributed by atoms with Crippen LogP contribution in [0.4, 0.5) is 0 Å². The monoisotopic (exact) mass is 418 g/mol. The molecule has 1 unspecified atom stereocenters. The van der Waals surface area contributed by atoms with Crippen LogP contribution >= 0.6 is 0 Å². The van der Waals surface area contributed by atoms with Gasteiger partial charge < -0.3 is 10.1 Å². The number of aryl methyl sites for hydroxylation is 2. The van der Waals surface area contributed by atoms with Crippen LogP contribution < -0.4 is 5.32 Å². The van der Waals surface area contributed by atoms with Crippen LogP contribution in [0.2, 0.25) is 0 Å². The van der Waals surface area contributed by atoms with Crippen molar-refractivity contribution in [3.63, 3.8) is 0 Å². The molecule has 0 aliphatic rings. The molecule has 0 fully saturated rings. The van der Waals surface area contributed by atoms with E-state index in [0.717, 1.165) is 21.0 Å². The van der Waals surface area contributed by atoms with E-state index < -0.39 is 27.9 Å². The van der Waals surface area contributed by atoms with Crippen LogP contribution in [-0.2, 0) is 26.2 Å². The zero-order chi connectivity index (χ0) is 21.8. The fourth-order valence-electron chi connectivity index (χ4n) is 2.56. The Bertz CT molecular complexity index is 998. The zero-order valence-electron chi connectivity index (χ0n) is 17.2. The quantitative estimate of drug-likeness (QED) is 0.697. The van der Waals surface area contributed by atoms with Crippen LogP contribution in [0.3, 0.4) is 0 Å². The highest BCUT2D eigenvalue weighted by Crippen LogP contribution is 2.15. The van der Waals surface area contributed by atoms with Gasteiger partial charge in [-0.05, 0) is 56.2 Å². The summed E-state index contributed by atoms with van der Waals surface area (Å²) in [6.45, 7) is 5.56. The molecule has 0 radical (unpaired) electrons. The number of amides is 1. The van der Waals surface area contributed by atoms with E-state index >= 15 is 0 Å². The second-order valence-corrected chi connectivity index (χ2v) is 9.20. The fraction of sp³-hybridized carbons (Fsp3) is 0.333. The minimum atomic E-state index is -3.57. The summed E-state index contributed by atoms with van der Waals surface area (Å²) in [6, 6.07) is 10.6. The molecule has 0 aromatic heterocycles. The average Bonchev–Trinajstić information content (AvgIpc) is 2.68. The van der Waals surface area contributed by atoms with Gasteiger partial charge in [0, 0.05) is 19.7 Å². The molecule has 0 aliphatic carbocycles. The van der Waals surface area contributed by atoms with Gasteiger partial charge in [0.15, 0.2) is 0 Å². The molecule has 0 saturated carbocycles. The van der Waals surface area contributed by atoms with E-state index in [-0.39, 0.29) is 17.1 Å². The lowest BCUT2D eigenvalue weighted by atomic mass is 10.1. The molecular formula is C21H26N2O5S. The third kappa shape index (κ3) is 5.65. The number of esters is 1. The normalized spacial score (nSPS) is 12.5. The zero-order valence-corrected chi connectivity index (χ0v) is 18.0. The number of sulfonamides is 1. The lowest BCUT2D eigenvalue weighted by molar-refractivity contribution is -0.146. The maximum Gasteiger partial charge on any atom is 0.328 e. The van der Waals surface area contributed by atoms with Crippen LogP contribution in [0, 0.1) is 13.8 Å². The summed E-state index contributed by atoms with van der Waals surface area (Å²) < 4.78 is 30.6. The van der Waals surface area contributed by atoms with Crippen LogP contribution in [0.5, 0.6) is 0 Å². The van der Waals surface area contributed by atoms with Crippen molar-refractivity contribution >= 4 is 21.9 Å². The Hall–Kier alpha value is -2.71. The molecule has 1 N–H and O–H groups in total. The van der Waals surface area contributed by atoms with Gasteiger partial charge in [0.05, 0.1) is 4.90 Å². The first kappa shape index (κ1) is 22.6. The van der Waals surface area contributed by atoms with Gasteiger partial charge in [-0.1, -0.05) is 23.8 Å². The number of nitrogens with zero attached hydrogens (tertiary/aromatic N) is 1. The number of rotatable bonds is 7. The molecule has 0 spiro atoms. The Kier molecular flexibility index (Phi) is 7.16. The van der Waals surface area contributed by atoms with Crippen LogP contribution in [-0.4, -0.2) is 44.7 Å².